The largest absolute Gasteiger partial charge is 0.497 e. The number of hydrogen-bond donors (Lipinski definition) is 1. The molecule has 1 N–H and O–H groups in total. The lowest BCUT2D eigenvalue weighted by Crippen LogP contribution is -2.47. The molecule has 7 nitrogen and oxygen atoms in total. The average Bonchev–Trinajstić information content (AvgIpc) is 2.89. The molecule has 0 atom stereocenters. The van der Waals surface area contributed by atoms with Crippen molar-refractivity contribution in [3.05, 3.63) is 101 Å². The number of rotatable bonds is 8. The van der Waals surface area contributed by atoms with Gasteiger partial charge in [-0.15, -0.1) is 0 Å². The Labute approximate surface area is 206 Å². The molecule has 1 amide bonds. The summed E-state index contributed by atoms with van der Waals surface area (Å²) in [6.45, 7) is 2.90. The molecule has 1 aliphatic heterocycles. The molecule has 182 valence electrons. The summed E-state index contributed by atoms with van der Waals surface area (Å²) in [6.07, 6.45) is 1.63. The van der Waals surface area contributed by atoms with E-state index in [4.69, 9.17) is 4.74 Å². The molecule has 0 bridgehead atoms. The Morgan fingerprint density at radius 2 is 1.57 bits per heavy atom. The zero-order valence-corrected chi connectivity index (χ0v) is 20.4. The summed E-state index contributed by atoms with van der Waals surface area (Å²) in [5.74, 6) is 0.554. The highest BCUT2D eigenvalue weighted by Gasteiger charge is 2.25. The van der Waals surface area contributed by atoms with Crippen molar-refractivity contribution in [2.45, 2.75) is 6.54 Å². The highest BCUT2D eigenvalue weighted by molar-refractivity contribution is 7.92. The average molecular weight is 492 g/mol. The second-order valence-electron chi connectivity index (χ2n) is 8.31. The number of nitrogens with one attached hydrogen (secondary N) is 1. The van der Waals surface area contributed by atoms with Gasteiger partial charge in [0.1, 0.15) is 5.75 Å². The van der Waals surface area contributed by atoms with Crippen molar-refractivity contribution in [2.24, 2.45) is 0 Å². The van der Waals surface area contributed by atoms with Crippen LogP contribution >= 0.6 is 0 Å². The van der Waals surface area contributed by atoms with Crippen LogP contribution in [-0.4, -0.2) is 56.8 Å². The van der Waals surface area contributed by atoms with E-state index in [2.05, 4.69) is 10.2 Å². The van der Waals surface area contributed by atoms with Crippen LogP contribution in [0.1, 0.15) is 21.5 Å². The zero-order valence-electron chi connectivity index (χ0n) is 19.6. The number of methoxy groups -OCH3 is 1. The van der Waals surface area contributed by atoms with E-state index >= 15 is 0 Å². The monoisotopic (exact) mass is 491 g/mol. The maximum Gasteiger partial charge on any atom is 0.255 e. The Hall–Kier alpha value is -3.46. The van der Waals surface area contributed by atoms with Crippen LogP contribution in [0.25, 0.3) is 6.08 Å². The van der Waals surface area contributed by atoms with Crippen molar-refractivity contribution in [3.63, 3.8) is 0 Å². The second-order valence-corrected chi connectivity index (χ2v) is 10.1. The third kappa shape index (κ3) is 6.79. The molecule has 0 radical (unpaired) electrons. The molecule has 0 aliphatic carbocycles. The summed E-state index contributed by atoms with van der Waals surface area (Å²) in [7, 11) is -1.85. The van der Waals surface area contributed by atoms with Gasteiger partial charge in [-0.1, -0.05) is 42.5 Å². The first-order chi connectivity index (χ1) is 16.9. The maximum absolute atomic E-state index is 12.7. The normalized spacial score (nSPS) is 15.2. The van der Waals surface area contributed by atoms with Crippen molar-refractivity contribution in [2.75, 3.05) is 38.6 Å². The molecule has 0 unspecified atom stereocenters. The van der Waals surface area contributed by atoms with Crippen LogP contribution in [0, 0.1) is 0 Å². The first kappa shape index (κ1) is 24.7. The van der Waals surface area contributed by atoms with Crippen LogP contribution in [0.15, 0.2) is 84.3 Å². The quantitative estimate of drug-likeness (QED) is 0.514. The number of piperazine rings is 1. The molecule has 0 saturated carbocycles. The molecule has 3 aromatic rings. The van der Waals surface area contributed by atoms with E-state index in [1.807, 2.05) is 54.6 Å². The number of amides is 1. The lowest BCUT2D eigenvalue weighted by Gasteiger charge is -2.33. The van der Waals surface area contributed by atoms with Gasteiger partial charge in [-0.05, 0) is 53.6 Å². The number of benzene rings is 3. The molecular formula is C27H29N3O4S. The lowest BCUT2D eigenvalue weighted by atomic mass is 10.1. The number of nitrogens with zero attached hydrogens (tertiary/aromatic N) is 2. The van der Waals surface area contributed by atoms with Crippen molar-refractivity contribution < 1.29 is 17.9 Å². The lowest BCUT2D eigenvalue weighted by molar-refractivity contribution is 0.102. The van der Waals surface area contributed by atoms with Crippen molar-refractivity contribution in [3.8, 4) is 5.75 Å². The zero-order chi connectivity index (χ0) is 24.7. The molecular weight excluding hydrogens is 462 g/mol. The molecule has 0 aromatic heterocycles. The predicted molar refractivity (Wildman–Crippen MR) is 139 cm³/mol. The highest BCUT2D eigenvalue weighted by atomic mass is 32.2. The van der Waals surface area contributed by atoms with Crippen molar-refractivity contribution >= 4 is 27.7 Å². The van der Waals surface area contributed by atoms with Crippen LogP contribution in [0.3, 0.4) is 0 Å². The molecule has 4 rings (SSSR count). The first-order valence-corrected chi connectivity index (χ1v) is 12.9. The highest BCUT2D eigenvalue weighted by Crippen LogP contribution is 2.17. The smallest absolute Gasteiger partial charge is 0.255 e. The van der Waals surface area contributed by atoms with Gasteiger partial charge in [0, 0.05) is 49.4 Å². The van der Waals surface area contributed by atoms with Gasteiger partial charge in [0.25, 0.3) is 5.91 Å². The second kappa shape index (κ2) is 11.3. The Morgan fingerprint density at radius 3 is 2.20 bits per heavy atom. The van der Waals surface area contributed by atoms with Crippen LogP contribution in [0.5, 0.6) is 5.75 Å². The summed E-state index contributed by atoms with van der Waals surface area (Å²) in [6, 6.07) is 24.1. The van der Waals surface area contributed by atoms with E-state index in [0.29, 0.717) is 44.0 Å². The third-order valence-corrected chi connectivity index (χ3v) is 7.46. The minimum atomic E-state index is -3.45. The van der Waals surface area contributed by atoms with E-state index in [0.717, 1.165) is 16.9 Å². The van der Waals surface area contributed by atoms with Crippen LogP contribution in [0.4, 0.5) is 5.69 Å². The third-order valence-electron chi connectivity index (χ3n) is 5.89. The van der Waals surface area contributed by atoms with Gasteiger partial charge in [-0.25, -0.2) is 8.42 Å². The van der Waals surface area contributed by atoms with E-state index in [1.54, 1.807) is 37.5 Å². The summed E-state index contributed by atoms with van der Waals surface area (Å²) in [5, 5.41) is 4.16. The molecule has 1 aliphatic rings. The molecule has 3 aromatic carbocycles. The summed E-state index contributed by atoms with van der Waals surface area (Å²) >= 11 is 0. The van der Waals surface area contributed by atoms with Gasteiger partial charge in [0.2, 0.25) is 10.0 Å². The Kier molecular flexibility index (Phi) is 7.97. The van der Waals surface area contributed by atoms with Gasteiger partial charge in [-0.2, -0.15) is 4.31 Å². The Morgan fingerprint density at radius 1 is 0.914 bits per heavy atom. The molecule has 8 heteroatoms. The number of ether oxygens (including phenoxy) is 1. The van der Waals surface area contributed by atoms with Gasteiger partial charge < -0.3 is 10.1 Å². The van der Waals surface area contributed by atoms with Crippen LogP contribution < -0.4 is 10.1 Å². The van der Waals surface area contributed by atoms with E-state index < -0.39 is 10.0 Å². The first-order valence-electron chi connectivity index (χ1n) is 11.4. The number of carbonyl (C=O) groups is 1. The maximum atomic E-state index is 12.7. The number of carbonyl (C=O) groups excluding carboxylic acids is 1. The van der Waals surface area contributed by atoms with Gasteiger partial charge >= 0.3 is 0 Å². The van der Waals surface area contributed by atoms with Gasteiger partial charge in [0.15, 0.2) is 0 Å². The summed E-state index contributed by atoms with van der Waals surface area (Å²) in [4.78, 5) is 14.7. The van der Waals surface area contributed by atoms with E-state index in [9.17, 15) is 13.2 Å². The number of anilines is 1. The fraction of sp³-hybridized carbons (Fsp3) is 0.222. The molecule has 1 saturated heterocycles. The van der Waals surface area contributed by atoms with Crippen molar-refractivity contribution in [1.29, 1.82) is 0 Å². The van der Waals surface area contributed by atoms with Crippen molar-refractivity contribution in [1.82, 2.24) is 9.21 Å². The topological polar surface area (TPSA) is 79.0 Å². The fourth-order valence-electron chi connectivity index (χ4n) is 3.85. The minimum absolute atomic E-state index is 0.177. The fourth-order valence-corrected chi connectivity index (χ4v) is 5.03. The summed E-state index contributed by atoms with van der Waals surface area (Å²) < 4.78 is 32.0. The molecule has 35 heavy (non-hydrogen) atoms. The van der Waals surface area contributed by atoms with E-state index in [1.165, 1.54) is 9.71 Å². The number of sulfonamides is 1. The van der Waals surface area contributed by atoms with E-state index in [-0.39, 0.29) is 5.91 Å². The standard InChI is InChI=1S/C27H29N3O4S/c1-34-26-13-11-25(12-14-26)28-27(31)24-9-7-23(8-10-24)21-29-16-18-30(19-17-29)35(32,33)20-15-22-5-3-2-4-6-22/h2-15,20H,16-19,21H2,1H3,(H,28,31)/b20-15+. The molecule has 1 fully saturated rings. The molecule has 1 heterocycles. The minimum Gasteiger partial charge on any atom is -0.497 e. The van der Waals surface area contributed by atoms with Gasteiger partial charge in [0.05, 0.1) is 7.11 Å². The van der Waals surface area contributed by atoms with Crippen LogP contribution in [-0.2, 0) is 16.6 Å². The SMILES string of the molecule is COc1ccc(NC(=O)c2ccc(CN3CCN(S(=O)(=O)/C=C/c4ccccc4)CC3)cc2)cc1. The predicted octanol–water partition coefficient (Wildman–Crippen LogP) is 4.07. The number of hydrogen-bond acceptors (Lipinski definition) is 5. The summed E-state index contributed by atoms with van der Waals surface area (Å²) in [5.41, 5.74) is 3.21. The van der Waals surface area contributed by atoms with Gasteiger partial charge in [-0.3, -0.25) is 9.69 Å². The Balaban J connectivity index is 1.27. The molecule has 0 spiro atoms. The Bertz CT molecular complexity index is 1250. The van der Waals surface area contributed by atoms with Crippen LogP contribution in [0.2, 0.25) is 0 Å².